The number of carbonyl (C=O) groups is 1. The fourth-order valence-corrected chi connectivity index (χ4v) is 3.13. The Balaban J connectivity index is 1.82. The van der Waals surface area contributed by atoms with Gasteiger partial charge in [-0.15, -0.1) is 0 Å². The molecular weight excluding hydrogens is 363 g/mol. The lowest BCUT2D eigenvalue weighted by Crippen LogP contribution is -2.28. The Kier molecular flexibility index (Phi) is 4.12. The van der Waals surface area contributed by atoms with Crippen LogP contribution in [0.1, 0.15) is 28.9 Å². The zero-order chi connectivity index (χ0) is 18.3. The van der Waals surface area contributed by atoms with E-state index in [1.165, 1.54) is 24.5 Å². The summed E-state index contributed by atoms with van der Waals surface area (Å²) in [4.78, 5) is 23.8. The topological polar surface area (TPSA) is 89.1 Å². The van der Waals surface area contributed by atoms with Crippen LogP contribution in [-0.4, -0.2) is 34.0 Å². The van der Waals surface area contributed by atoms with Gasteiger partial charge in [-0.25, -0.2) is 14.4 Å². The van der Waals surface area contributed by atoms with Crippen molar-refractivity contribution in [2.24, 2.45) is 0 Å². The van der Waals surface area contributed by atoms with Gasteiger partial charge in [0, 0.05) is 6.20 Å². The van der Waals surface area contributed by atoms with Gasteiger partial charge in [-0.1, -0.05) is 11.6 Å². The van der Waals surface area contributed by atoms with Crippen LogP contribution >= 0.6 is 11.6 Å². The normalized spacial score (nSPS) is 17.3. The molecule has 3 aromatic rings. The van der Waals surface area contributed by atoms with Crippen LogP contribution in [0.4, 0.5) is 4.39 Å². The Morgan fingerprint density at radius 3 is 3.08 bits per heavy atom. The number of ether oxygens (including phenoxy) is 2. The van der Waals surface area contributed by atoms with Crippen LogP contribution in [0.3, 0.4) is 0 Å². The van der Waals surface area contributed by atoms with Crippen molar-refractivity contribution in [3.63, 3.8) is 0 Å². The second kappa shape index (κ2) is 6.45. The van der Waals surface area contributed by atoms with E-state index in [2.05, 4.69) is 20.3 Å². The fraction of sp³-hybridized carbons (Fsp3) is 0.235. The van der Waals surface area contributed by atoms with Crippen molar-refractivity contribution in [2.45, 2.75) is 13.0 Å². The molecule has 1 aliphatic heterocycles. The average Bonchev–Trinajstić information content (AvgIpc) is 3.04. The Morgan fingerprint density at radius 1 is 1.38 bits per heavy atom. The summed E-state index contributed by atoms with van der Waals surface area (Å²) >= 11 is 6.14. The van der Waals surface area contributed by atoms with Crippen molar-refractivity contribution in [2.75, 3.05) is 13.2 Å². The smallest absolute Gasteiger partial charge is 0.255 e. The first kappa shape index (κ1) is 16.6. The van der Waals surface area contributed by atoms with E-state index < -0.39 is 11.9 Å². The van der Waals surface area contributed by atoms with Gasteiger partial charge >= 0.3 is 0 Å². The highest BCUT2D eigenvalue weighted by Crippen LogP contribution is 2.36. The van der Waals surface area contributed by atoms with Gasteiger partial charge in [0.25, 0.3) is 5.91 Å². The highest BCUT2D eigenvalue weighted by Gasteiger charge is 2.23. The summed E-state index contributed by atoms with van der Waals surface area (Å²) in [6.45, 7) is 2.15. The Bertz CT molecular complexity index is 1010. The van der Waals surface area contributed by atoms with Crippen LogP contribution in [0.5, 0.6) is 11.6 Å². The molecule has 7 nitrogen and oxygen atoms in total. The lowest BCUT2D eigenvalue weighted by Gasteiger charge is -2.19. The summed E-state index contributed by atoms with van der Waals surface area (Å²) in [6, 6.07) is 2.71. The van der Waals surface area contributed by atoms with Crippen LogP contribution in [0.15, 0.2) is 24.5 Å². The van der Waals surface area contributed by atoms with Crippen LogP contribution in [-0.2, 0) is 0 Å². The molecule has 4 rings (SSSR count). The van der Waals surface area contributed by atoms with E-state index in [4.69, 9.17) is 21.1 Å². The fourth-order valence-electron chi connectivity index (χ4n) is 2.82. The number of rotatable bonds is 0. The largest absolute Gasteiger partial charge is 0.491 e. The number of hydrogen-bond acceptors (Lipinski definition) is 5. The Morgan fingerprint density at radius 2 is 2.23 bits per heavy atom. The number of H-pyrrole nitrogens is 1. The highest BCUT2D eigenvalue weighted by atomic mass is 35.5. The zero-order valence-corrected chi connectivity index (χ0v) is 14.4. The standard InChI is InChI=1S/C17H14ClFN4O3/c1-8-13-11(3-2-10(19)14(13)18)25-5-4-20-17(24)9-6-21-16-15(9)23-12(26-8)7-22-16/h2-3,6-8H,4-5H2,1H3,(H,20,24)(H,21,22). The van der Waals surface area contributed by atoms with Crippen molar-refractivity contribution < 1.29 is 18.7 Å². The molecule has 9 heteroatoms. The quantitative estimate of drug-likeness (QED) is 0.629. The monoisotopic (exact) mass is 376 g/mol. The first-order valence-corrected chi connectivity index (χ1v) is 8.32. The summed E-state index contributed by atoms with van der Waals surface area (Å²) in [5, 5.41) is 2.67. The molecule has 0 saturated heterocycles. The van der Waals surface area contributed by atoms with Gasteiger partial charge < -0.3 is 19.8 Å². The van der Waals surface area contributed by atoms with E-state index in [0.29, 0.717) is 28.0 Å². The van der Waals surface area contributed by atoms with E-state index in [1.807, 2.05) is 0 Å². The second-order valence-electron chi connectivity index (χ2n) is 5.75. The highest BCUT2D eigenvalue weighted by molar-refractivity contribution is 6.31. The molecule has 1 unspecified atom stereocenters. The number of nitrogens with zero attached hydrogens (tertiary/aromatic N) is 2. The molecule has 1 amide bonds. The first-order chi connectivity index (χ1) is 12.5. The molecule has 0 radical (unpaired) electrons. The molecule has 0 spiro atoms. The molecule has 3 heterocycles. The van der Waals surface area contributed by atoms with Crippen molar-refractivity contribution in [3.8, 4) is 11.6 Å². The van der Waals surface area contributed by atoms with Gasteiger partial charge in [0.2, 0.25) is 5.88 Å². The minimum Gasteiger partial charge on any atom is -0.491 e. The summed E-state index contributed by atoms with van der Waals surface area (Å²) in [7, 11) is 0. The van der Waals surface area contributed by atoms with E-state index in [0.717, 1.165) is 0 Å². The molecular formula is C17H14ClFN4O3. The summed E-state index contributed by atoms with van der Waals surface area (Å²) in [6.07, 6.45) is 2.31. The summed E-state index contributed by atoms with van der Waals surface area (Å²) in [5.74, 6) is -0.316. The number of hydrogen-bond donors (Lipinski definition) is 2. The van der Waals surface area contributed by atoms with Crippen LogP contribution in [0, 0.1) is 5.82 Å². The minimum absolute atomic E-state index is 0.0784. The van der Waals surface area contributed by atoms with Gasteiger partial charge in [0.05, 0.1) is 28.9 Å². The van der Waals surface area contributed by atoms with Crippen LogP contribution < -0.4 is 14.8 Å². The lowest BCUT2D eigenvalue weighted by atomic mass is 10.1. The number of carbonyl (C=O) groups excluding carboxylic acids is 1. The SMILES string of the molecule is CC1Oc2cnc3[nH]cc(c3n2)C(=O)NCCOc2ccc(F)c(Cl)c21. The van der Waals surface area contributed by atoms with Crippen molar-refractivity contribution in [1.29, 1.82) is 0 Å². The lowest BCUT2D eigenvalue weighted by molar-refractivity contribution is 0.0948. The minimum atomic E-state index is -0.647. The molecule has 1 aliphatic rings. The van der Waals surface area contributed by atoms with Gasteiger partial charge in [0.15, 0.2) is 5.65 Å². The summed E-state index contributed by atoms with van der Waals surface area (Å²) in [5.41, 5.74) is 1.57. The maximum absolute atomic E-state index is 13.9. The third-order valence-corrected chi connectivity index (χ3v) is 4.43. The third-order valence-electron chi connectivity index (χ3n) is 4.05. The molecule has 1 aromatic carbocycles. The maximum atomic E-state index is 13.9. The predicted octanol–water partition coefficient (Wildman–Crippen LogP) is 3.01. The Labute approximate surface area is 152 Å². The number of aromatic nitrogens is 3. The van der Waals surface area contributed by atoms with Crippen LogP contribution in [0.2, 0.25) is 5.02 Å². The van der Waals surface area contributed by atoms with Crippen LogP contribution in [0.25, 0.3) is 11.2 Å². The van der Waals surface area contributed by atoms with E-state index in [1.54, 1.807) is 6.92 Å². The van der Waals surface area contributed by atoms with Gasteiger partial charge in [-0.2, -0.15) is 0 Å². The van der Waals surface area contributed by atoms with Gasteiger partial charge in [-0.05, 0) is 19.1 Å². The zero-order valence-electron chi connectivity index (χ0n) is 13.7. The molecule has 1 atom stereocenters. The number of nitrogens with one attached hydrogen (secondary N) is 2. The van der Waals surface area contributed by atoms with Crippen molar-refractivity contribution in [3.05, 3.63) is 46.5 Å². The molecule has 26 heavy (non-hydrogen) atoms. The molecule has 2 bridgehead atoms. The number of amides is 1. The van der Waals surface area contributed by atoms with Crippen molar-refractivity contribution in [1.82, 2.24) is 20.3 Å². The number of benzene rings is 1. The molecule has 2 N–H and O–H groups in total. The molecule has 0 aliphatic carbocycles. The number of halogens is 2. The number of aromatic amines is 1. The number of fused-ring (bicyclic) bond motifs is 2. The summed E-state index contributed by atoms with van der Waals surface area (Å²) < 4.78 is 25.4. The second-order valence-corrected chi connectivity index (χ2v) is 6.12. The Hall–Kier alpha value is -2.87. The van der Waals surface area contributed by atoms with Crippen molar-refractivity contribution >= 4 is 28.7 Å². The van der Waals surface area contributed by atoms with Gasteiger partial charge in [0.1, 0.15) is 29.8 Å². The molecule has 0 saturated carbocycles. The average molecular weight is 377 g/mol. The van der Waals surface area contributed by atoms with E-state index in [9.17, 15) is 9.18 Å². The molecule has 0 fully saturated rings. The third kappa shape index (κ3) is 2.82. The van der Waals surface area contributed by atoms with E-state index in [-0.39, 0.29) is 30.0 Å². The molecule has 134 valence electrons. The van der Waals surface area contributed by atoms with E-state index >= 15 is 0 Å². The predicted molar refractivity (Wildman–Crippen MR) is 92.2 cm³/mol. The van der Waals surface area contributed by atoms with Gasteiger partial charge in [-0.3, -0.25) is 4.79 Å². The first-order valence-electron chi connectivity index (χ1n) is 7.94. The maximum Gasteiger partial charge on any atom is 0.255 e. The molecule has 2 aromatic heterocycles.